The van der Waals surface area contributed by atoms with Gasteiger partial charge in [-0.25, -0.2) is 0 Å². The van der Waals surface area contributed by atoms with Crippen LogP contribution >= 0.6 is 0 Å². The molecule has 19 heavy (non-hydrogen) atoms. The van der Waals surface area contributed by atoms with Gasteiger partial charge in [-0.1, -0.05) is 50.6 Å². The highest BCUT2D eigenvalue weighted by Crippen LogP contribution is 2.28. The quantitative estimate of drug-likeness (QED) is 0.892. The Labute approximate surface area is 118 Å². The maximum absolute atomic E-state index is 3.69. The molecule has 0 amide bonds. The number of hydrogen-bond acceptors (Lipinski definition) is 2. The lowest BCUT2D eigenvalue weighted by Gasteiger charge is -2.45. The van der Waals surface area contributed by atoms with Crippen LogP contribution in [0.4, 0.5) is 0 Å². The molecule has 0 saturated carbocycles. The molecule has 2 unspecified atom stereocenters. The number of benzene rings is 1. The first-order valence-electron chi connectivity index (χ1n) is 7.56. The molecule has 0 bridgehead atoms. The summed E-state index contributed by atoms with van der Waals surface area (Å²) >= 11 is 0. The van der Waals surface area contributed by atoms with Gasteiger partial charge in [0.2, 0.25) is 0 Å². The Morgan fingerprint density at radius 3 is 2.63 bits per heavy atom. The van der Waals surface area contributed by atoms with Gasteiger partial charge in [-0.2, -0.15) is 0 Å². The van der Waals surface area contributed by atoms with Crippen LogP contribution in [0.1, 0.15) is 45.7 Å². The summed E-state index contributed by atoms with van der Waals surface area (Å²) in [5.74, 6) is 0.764. The van der Waals surface area contributed by atoms with Crippen molar-refractivity contribution in [1.82, 2.24) is 10.2 Å². The molecular formula is C17H28N2. The topological polar surface area (TPSA) is 15.3 Å². The van der Waals surface area contributed by atoms with E-state index >= 15 is 0 Å². The van der Waals surface area contributed by atoms with Crippen LogP contribution in [0, 0.1) is 5.92 Å². The average Bonchev–Trinajstić information content (AvgIpc) is 2.39. The zero-order chi connectivity index (χ0) is 13.9. The summed E-state index contributed by atoms with van der Waals surface area (Å²) in [7, 11) is 0. The predicted molar refractivity (Wildman–Crippen MR) is 82.3 cm³/mol. The highest BCUT2D eigenvalue weighted by molar-refractivity contribution is 5.20. The molecule has 106 valence electrons. The summed E-state index contributed by atoms with van der Waals surface area (Å²) in [4.78, 5) is 2.67. The zero-order valence-electron chi connectivity index (χ0n) is 12.8. The van der Waals surface area contributed by atoms with Gasteiger partial charge in [-0.05, 0) is 25.3 Å². The second-order valence-corrected chi connectivity index (χ2v) is 6.63. The number of piperazine rings is 1. The van der Waals surface area contributed by atoms with Crippen molar-refractivity contribution in [2.45, 2.75) is 45.7 Å². The van der Waals surface area contributed by atoms with Crippen LogP contribution in [0.5, 0.6) is 0 Å². The second kappa shape index (κ2) is 6.06. The molecule has 2 heteroatoms. The minimum atomic E-state index is 0.221. The molecule has 1 aromatic carbocycles. The van der Waals surface area contributed by atoms with Crippen molar-refractivity contribution in [2.24, 2.45) is 5.92 Å². The molecule has 1 aliphatic rings. The summed E-state index contributed by atoms with van der Waals surface area (Å²) in [5, 5.41) is 3.69. The molecule has 2 nitrogen and oxygen atoms in total. The van der Waals surface area contributed by atoms with Crippen molar-refractivity contribution < 1.29 is 0 Å². The van der Waals surface area contributed by atoms with E-state index in [0.29, 0.717) is 6.04 Å². The Kier molecular flexibility index (Phi) is 4.64. The maximum Gasteiger partial charge on any atom is 0.0473 e. The Morgan fingerprint density at radius 1 is 1.32 bits per heavy atom. The van der Waals surface area contributed by atoms with E-state index < -0.39 is 0 Å². The molecule has 2 rings (SSSR count). The highest BCUT2D eigenvalue weighted by Gasteiger charge is 2.33. The normalized spacial score (nSPS) is 25.2. The van der Waals surface area contributed by atoms with E-state index in [0.717, 1.165) is 19.0 Å². The van der Waals surface area contributed by atoms with Gasteiger partial charge in [-0.3, -0.25) is 4.90 Å². The highest BCUT2D eigenvalue weighted by atomic mass is 15.2. The number of hydrogen-bond donors (Lipinski definition) is 1. The summed E-state index contributed by atoms with van der Waals surface area (Å²) in [6.07, 6.45) is 1.26. The lowest BCUT2D eigenvalue weighted by atomic mass is 9.93. The monoisotopic (exact) mass is 260 g/mol. The van der Waals surface area contributed by atoms with Gasteiger partial charge in [0.25, 0.3) is 0 Å². The Bertz CT molecular complexity index is 386. The van der Waals surface area contributed by atoms with Gasteiger partial charge in [0.15, 0.2) is 0 Å². The fourth-order valence-electron chi connectivity index (χ4n) is 2.90. The first-order valence-corrected chi connectivity index (χ1v) is 7.56. The SMILES string of the molecule is CCC(C)CN1CC(C)(C)NCC1c1ccccc1. The van der Waals surface area contributed by atoms with Crippen LogP contribution < -0.4 is 5.32 Å². The van der Waals surface area contributed by atoms with Crippen LogP contribution in [0.2, 0.25) is 0 Å². The third-order valence-corrected chi connectivity index (χ3v) is 4.24. The average molecular weight is 260 g/mol. The molecule has 1 fully saturated rings. The van der Waals surface area contributed by atoms with Crippen LogP contribution in [-0.4, -0.2) is 30.1 Å². The molecule has 1 aromatic rings. The molecule has 1 saturated heterocycles. The van der Waals surface area contributed by atoms with Crippen LogP contribution in [0.15, 0.2) is 30.3 Å². The molecule has 2 atom stereocenters. The predicted octanol–water partition coefficient (Wildman–Crippen LogP) is 3.46. The molecule has 1 heterocycles. The van der Waals surface area contributed by atoms with E-state index in [4.69, 9.17) is 0 Å². The lowest BCUT2D eigenvalue weighted by molar-refractivity contribution is 0.0805. The zero-order valence-corrected chi connectivity index (χ0v) is 12.8. The molecule has 0 aromatic heterocycles. The summed E-state index contributed by atoms with van der Waals surface area (Å²) < 4.78 is 0. The van der Waals surface area contributed by atoms with Gasteiger partial charge in [0, 0.05) is 31.2 Å². The van der Waals surface area contributed by atoms with E-state index in [1.165, 1.54) is 18.5 Å². The van der Waals surface area contributed by atoms with Gasteiger partial charge >= 0.3 is 0 Å². The first kappa shape index (κ1) is 14.5. The largest absolute Gasteiger partial charge is 0.309 e. The van der Waals surface area contributed by atoms with Crippen molar-refractivity contribution in [3.63, 3.8) is 0 Å². The molecule has 0 spiro atoms. The van der Waals surface area contributed by atoms with Crippen molar-refractivity contribution in [2.75, 3.05) is 19.6 Å². The van der Waals surface area contributed by atoms with E-state index in [2.05, 4.69) is 68.2 Å². The fourth-order valence-corrected chi connectivity index (χ4v) is 2.90. The van der Waals surface area contributed by atoms with Gasteiger partial charge in [0.1, 0.15) is 0 Å². The summed E-state index contributed by atoms with van der Waals surface area (Å²) in [6.45, 7) is 12.6. The van der Waals surface area contributed by atoms with Crippen LogP contribution in [0.25, 0.3) is 0 Å². The molecule has 0 radical (unpaired) electrons. The van der Waals surface area contributed by atoms with E-state index in [-0.39, 0.29) is 5.54 Å². The van der Waals surface area contributed by atoms with E-state index in [1.54, 1.807) is 0 Å². The molecule has 0 aliphatic carbocycles. The summed E-state index contributed by atoms with van der Waals surface area (Å²) in [5.41, 5.74) is 1.66. The van der Waals surface area contributed by atoms with Crippen molar-refractivity contribution in [1.29, 1.82) is 0 Å². The van der Waals surface area contributed by atoms with Crippen molar-refractivity contribution in [3.05, 3.63) is 35.9 Å². The van der Waals surface area contributed by atoms with Gasteiger partial charge < -0.3 is 5.32 Å². The first-order chi connectivity index (χ1) is 9.02. The fraction of sp³-hybridized carbons (Fsp3) is 0.647. The second-order valence-electron chi connectivity index (χ2n) is 6.63. The third-order valence-electron chi connectivity index (χ3n) is 4.24. The number of nitrogens with zero attached hydrogens (tertiary/aromatic N) is 1. The third kappa shape index (κ3) is 3.80. The minimum Gasteiger partial charge on any atom is -0.309 e. The van der Waals surface area contributed by atoms with Crippen molar-refractivity contribution >= 4 is 0 Å². The van der Waals surface area contributed by atoms with Crippen LogP contribution in [-0.2, 0) is 0 Å². The minimum absolute atomic E-state index is 0.221. The number of nitrogens with one attached hydrogen (secondary N) is 1. The van der Waals surface area contributed by atoms with Gasteiger partial charge in [0.05, 0.1) is 0 Å². The number of rotatable bonds is 4. The van der Waals surface area contributed by atoms with Crippen LogP contribution in [0.3, 0.4) is 0 Å². The Balaban J connectivity index is 2.15. The standard InChI is InChI=1S/C17H28N2/c1-5-14(2)12-19-13-17(3,4)18-11-16(19)15-9-7-6-8-10-15/h6-10,14,16,18H,5,11-13H2,1-4H3. The molecule has 1 N–H and O–H groups in total. The lowest BCUT2D eigenvalue weighted by Crippen LogP contribution is -2.58. The van der Waals surface area contributed by atoms with Crippen molar-refractivity contribution in [3.8, 4) is 0 Å². The summed E-state index contributed by atoms with van der Waals surface area (Å²) in [6, 6.07) is 11.4. The van der Waals surface area contributed by atoms with Gasteiger partial charge in [-0.15, -0.1) is 0 Å². The smallest absolute Gasteiger partial charge is 0.0473 e. The van der Waals surface area contributed by atoms with E-state index in [9.17, 15) is 0 Å². The van der Waals surface area contributed by atoms with E-state index in [1.807, 2.05) is 0 Å². The molecular weight excluding hydrogens is 232 g/mol. The Morgan fingerprint density at radius 2 is 2.00 bits per heavy atom. The molecule has 1 aliphatic heterocycles. The maximum atomic E-state index is 3.69. The Hall–Kier alpha value is -0.860.